The zero-order chi connectivity index (χ0) is 15.5. The summed E-state index contributed by atoms with van der Waals surface area (Å²) in [4.78, 5) is 0. The molecule has 0 spiro atoms. The molecule has 4 heteroatoms. The third-order valence-corrected chi connectivity index (χ3v) is 4.53. The number of hydrogen-bond acceptors (Lipinski definition) is 3. The maximum Gasteiger partial charge on any atom is 0.134 e. The molecule has 2 rings (SSSR count). The smallest absolute Gasteiger partial charge is 0.134 e. The van der Waals surface area contributed by atoms with Crippen molar-refractivity contribution in [2.45, 2.75) is 44.9 Å². The lowest BCUT2D eigenvalue weighted by atomic mass is 10.2. The van der Waals surface area contributed by atoms with Crippen LogP contribution in [0, 0.1) is 5.82 Å². The van der Waals surface area contributed by atoms with Gasteiger partial charge in [0.1, 0.15) is 17.2 Å². The van der Waals surface area contributed by atoms with Gasteiger partial charge in [0.05, 0.1) is 6.04 Å². The van der Waals surface area contributed by atoms with Gasteiger partial charge in [-0.05, 0) is 37.2 Å². The lowest BCUT2D eigenvalue weighted by molar-refractivity contribution is 0.455. The fraction of sp³-hybridized carbons (Fsp3) is 0.529. The highest BCUT2D eigenvalue weighted by molar-refractivity contribution is 8.00. The van der Waals surface area contributed by atoms with Gasteiger partial charge in [-0.3, -0.25) is 0 Å². The van der Waals surface area contributed by atoms with Crippen LogP contribution in [0.4, 0.5) is 4.39 Å². The van der Waals surface area contributed by atoms with E-state index >= 15 is 0 Å². The highest BCUT2D eigenvalue weighted by Gasteiger charge is 2.20. The Hall–Kier alpha value is -1.00. The van der Waals surface area contributed by atoms with E-state index in [4.69, 9.17) is 4.42 Å². The molecule has 0 bridgehead atoms. The monoisotopic (exact) mass is 309 g/mol. The number of thioether (sulfide) groups is 1. The maximum absolute atomic E-state index is 13.3. The number of benzene rings is 1. The van der Waals surface area contributed by atoms with E-state index in [-0.39, 0.29) is 16.6 Å². The van der Waals surface area contributed by atoms with Crippen molar-refractivity contribution < 1.29 is 8.81 Å². The van der Waals surface area contributed by atoms with Gasteiger partial charge >= 0.3 is 0 Å². The summed E-state index contributed by atoms with van der Waals surface area (Å²) < 4.78 is 19.4. The third-order valence-electron chi connectivity index (χ3n) is 3.16. The average molecular weight is 309 g/mol. The summed E-state index contributed by atoms with van der Waals surface area (Å²) in [6, 6.07) is 6.77. The van der Waals surface area contributed by atoms with Gasteiger partial charge in [0.25, 0.3) is 0 Å². The molecule has 2 nitrogen and oxygen atoms in total. The van der Waals surface area contributed by atoms with Crippen LogP contribution in [0.1, 0.15) is 45.9 Å². The second-order valence-electron chi connectivity index (χ2n) is 6.26. The largest absolute Gasteiger partial charge is 0.459 e. The van der Waals surface area contributed by atoms with Crippen molar-refractivity contribution in [2.75, 3.05) is 12.3 Å². The molecule has 21 heavy (non-hydrogen) atoms. The molecule has 0 radical (unpaired) electrons. The molecule has 116 valence electrons. The zero-order valence-electron chi connectivity index (χ0n) is 13.2. The second kappa shape index (κ2) is 6.84. The van der Waals surface area contributed by atoms with Crippen LogP contribution in [0.5, 0.6) is 0 Å². The van der Waals surface area contributed by atoms with Crippen molar-refractivity contribution in [1.82, 2.24) is 5.32 Å². The Kier molecular flexibility index (Phi) is 5.33. The number of halogens is 1. The first kappa shape index (κ1) is 16.4. The zero-order valence-corrected chi connectivity index (χ0v) is 14.0. The van der Waals surface area contributed by atoms with Gasteiger partial charge in [0.15, 0.2) is 0 Å². The fourth-order valence-electron chi connectivity index (χ4n) is 2.10. The summed E-state index contributed by atoms with van der Waals surface area (Å²) in [5, 5.41) is 4.35. The molecule has 0 saturated carbocycles. The van der Waals surface area contributed by atoms with E-state index in [0.29, 0.717) is 0 Å². The molecule has 1 unspecified atom stereocenters. The van der Waals surface area contributed by atoms with E-state index in [9.17, 15) is 4.39 Å². The van der Waals surface area contributed by atoms with Crippen LogP contribution in [0.15, 0.2) is 28.7 Å². The van der Waals surface area contributed by atoms with Crippen LogP contribution in [-0.2, 0) is 0 Å². The molecule has 0 aliphatic heterocycles. The van der Waals surface area contributed by atoms with Gasteiger partial charge in [-0.25, -0.2) is 4.39 Å². The highest BCUT2D eigenvalue weighted by atomic mass is 32.2. The average Bonchev–Trinajstić information content (AvgIpc) is 2.80. The molecule has 1 N–H and O–H groups in total. The van der Waals surface area contributed by atoms with Gasteiger partial charge in [-0.2, -0.15) is 11.8 Å². The van der Waals surface area contributed by atoms with Gasteiger partial charge < -0.3 is 9.73 Å². The van der Waals surface area contributed by atoms with Crippen LogP contribution in [-0.4, -0.2) is 17.0 Å². The Balaban J connectivity index is 2.20. The van der Waals surface area contributed by atoms with Gasteiger partial charge in [0, 0.05) is 15.9 Å². The van der Waals surface area contributed by atoms with E-state index in [0.717, 1.165) is 35.4 Å². The second-order valence-corrected chi connectivity index (χ2v) is 8.11. The summed E-state index contributed by atoms with van der Waals surface area (Å²) >= 11 is 1.90. The van der Waals surface area contributed by atoms with Crippen molar-refractivity contribution >= 4 is 22.7 Å². The lowest BCUT2D eigenvalue weighted by Crippen LogP contribution is -2.25. The molecule has 2 aromatic rings. The first-order valence-electron chi connectivity index (χ1n) is 7.45. The predicted octanol–water partition coefficient (Wildman–Crippen LogP) is 5.14. The molecule has 0 aliphatic carbocycles. The quantitative estimate of drug-likeness (QED) is 0.799. The Morgan fingerprint density at radius 1 is 1.29 bits per heavy atom. The van der Waals surface area contributed by atoms with Crippen LogP contribution in [0.2, 0.25) is 0 Å². The molecular weight excluding hydrogens is 285 g/mol. The summed E-state index contributed by atoms with van der Waals surface area (Å²) in [5.74, 6) is 1.60. The van der Waals surface area contributed by atoms with E-state index in [2.05, 4.69) is 33.0 Å². The minimum atomic E-state index is -0.225. The molecule has 1 atom stereocenters. The summed E-state index contributed by atoms with van der Waals surface area (Å²) in [7, 11) is 0. The highest BCUT2D eigenvalue weighted by Crippen LogP contribution is 2.31. The molecule has 0 aliphatic rings. The van der Waals surface area contributed by atoms with Crippen molar-refractivity contribution in [3.63, 3.8) is 0 Å². The van der Waals surface area contributed by atoms with E-state index in [1.54, 1.807) is 6.07 Å². The standard InChI is InChI=1S/C17H24FNOS/c1-5-8-19-14(11-21-17(2,3)4)16-10-12-9-13(18)6-7-15(12)20-16/h6-7,9-10,14,19H,5,8,11H2,1-4H3. The molecular formula is C17H24FNOS. The van der Waals surface area contributed by atoms with Crippen LogP contribution >= 0.6 is 11.8 Å². The SMILES string of the molecule is CCCNC(CSC(C)(C)C)c1cc2cc(F)ccc2o1. The summed E-state index contributed by atoms with van der Waals surface area (Å²) in [6.45, 7) is 9.73. The molecule has 1 aromatic heterocycles. The molecule has 0 amide bonds. The van der Waals surface area contributed by atoms with E-state index < -0.39 is 0 Å². The number of nitrogens with one attached hydrogen (secondary N) is 1. The van der Waals surface area contributed by atoms with Gasteiger partial charge in [-0.1, -0.05) is 27.7 Å². The van der Waals surface area contributed by atoms with Gasteiger partial charge in [-0.15, -0.1) is 0 Å². The Labute approximate surface area is 130 Å². The fourth-order valence-corrected chi connectivity index (χ4v) is 3.05. The number of fused-ring (bicyclic) bond motifs is 1. The predicted molar refractivity (Wildman–Crippen MR) is 89.4 cm³/mol. The Morgan fingerprint density at radius 3 is 2.71 bits per heavy atom. The van der Waals surface area contributed by atoms with Crippen molar-refractivity contribution in [3.05, 3.63) is 35.8 Å². The minimum Gasteiger partial charge on any atom is -0.459 e. The van der Waals surface area contributed by atoms with Crippen LogP contribution < -0.4 is 5.32 Å². The van der Waals surface area contributed by atoms with Crippen molar-refractivity contribution in [1.29, 1.82) is 0 Å². The van der Waals surface area contributed by atoms with Gasteiger partial charge in [0.2, 0.25) is 0 Å². The number of rotatable bonds is 6. The topological polar surface area (TPSA) is 25.2 Å². The first-order chi connectivity index (χ1) is 9.89. The van der Waals surface area contributed by atoms with E-state index in [1.807, 2.05) is 17.8 Å². The van der Waals surface area contributed by atoms with E-state index in [1.165, 1.54) is 12.1 Å². The number of furan rings is 1. The third kappa shape index (κ3) is 4.75. The Morgan fingerprint density at radius 2 is 2.05 bits per heavy atom. The summed E-state index contributed by atoms with van der Waals surface area (Å²) in [5.41, 5.74) is 0.746. The van der Waals surface area contributed by atoms with Crippen molar-refractivity contribution in [2.24, 2.45) is 0 Å². The lowest BCUT2D eigenvalue weighted by Gasteiger charge is -2.22. The van der Waals surface area contributed by atoms with Crippen molar-refractivity contribution in [3.8, 4) is 0 Å². The maximum atomic E-state index is 13.3. The molecule has 0 fully saturated rings. The summed E-state index contributed by atoms with van der Waals surface area (Å²) in [6.07, 6.45) is 1.07. The minimum absolute atomic E-state index is 0.157. The molecule has 1 heterocycles. The molecule has 1 aromatic carbocycles. The Bertz CT molecular complexity index is 588. The van der Waals surface area contributed by atoms with Crippen LogP contribution in [0.25, 0.3) is 11.0 Å². The van der Waals surface area contributed by atoms with Crippen LogP contribution in [0.3, 0.4) is 0 Å². The first-order valence-corrected chi connectivity index (χ1v) is 8.44. The normalized spacial score (nSPS) is 13.8. The number of hydrogen-bond donors (Lipinski definition) is 1. The molecule has 0 saturated heterocycles.